The van der Waals surface area contributed by atoms with Gasteiger partial charge in [-0.1, -0.05) is 12.1 Å². The molecule has 0 heterocycles. The Balaban J connectivity index is 2.16. The van der Waals surface area contributed by atoms with Crippen molar-refractivity contribution in [3.63, 3.8) is 0 Å². The van der Waals surface area contributed by atoms with E-state index in [9.17, 15) is 9.18 Å². The first-order valence-corrected chi connectivity index (χ1v) is 5.05. The zero-order valence-corrected chi connectivity index (χ0v) is 7.85. The highest BCUT2D eigenvalue weighted by molar-refractivity contribution is 6.04. The highest BCUT2D eigenvalue weighted by atomic mass is 19.1. The number of halogens is 1. The second-order valence-electron chi connectivity index (χ2n) is 4.38. The number of carbonyl (C=O) groups is 1. The van der Waals surface area contributed by atoms with Crippen LogP contribution in [0.2, 0.25) is 0 Å². The Hall–Kier alpha value is -1.18. The van der Waals surface area contributed by atoms with Gasteiger partial charge in [-0.3, -0.25) is 4.79 Å². The van der Waals surface area contributed by atoms with Gasteiger partial charge in [-0.05, 0) is 37.3 Å². The monoisotopic (exact) mass is 190 g/mol. The molecule has 0 aliphatic heterocycles. The molecule has 72 valence electrons. The van der Waals surface area contributed by atoms with Crippen LogP contribution in [0.1, 0.15) is 35.2 Å². The van der Waals surface area contributed by atoms with Crippen molar-refractivity contribution in [3.05, 3.63) is 35.1 Å². The molecular weight excluding hydrogens is 179 g/mol. The summed E-state index contributed by atoms with van der Waals surface area (Å²) >= 11 is 0. The average molecular weight is 190 g/mol. The number of Topliss-reactive ketones (excluding diaryl/α,β-unsaturated/α-hetero) is 1. The highest BCUT2D eigenvalue weighted by Gasteiger charge is 2.51. The van der Waals surface area contributed by atoms with Crippen LogP contribution in [-0.2, 0) is 6.42 Å². The second kappa shape index (κ2) is 2.44. The summed E-state index contributed by atoms with van der Waals surface area (Å²) in [5.41, 5.74) is 1.18. The van der Waals surface area contributed by atoms with Crippen LogP contribution in [0.15, 0.2) is 18.2 Å². The van der Waals surface area contributed by atoms with E-state index in [0.717, 1.165) is 25.7 Å². The van der Waals surface area contributed by atoms with E-state index in [0.29, 0.717) is 11.1 Å². The van der Waals surface area contributed by atoms with Gasteiger partial charge in [0, 0.05) is 11.0 Å². The molecule has 0 unspecified atom stereocenters. The number of rotatable bonds is 0. The van der Waals surface area contributed by atoms with Crippen LogP contribution in [0.5, 0.6) is 0 Å². The van der Waals surface area contributed by atoms with Crippen LogP contribution in [0.4, 0.5) is 4.39 Å². The number of carbonyl (C=O) groups excluding carboxylic acids is 1. The van der Waals surface area contributed by atoms with Crippen LogP contribution < -0.4 is 0 Å². The van der Waals surface area contributed by atoms with E-state index < -0.39 is 0 Å². The third-order valence-electron chi connectivity index (χ3n) is 3.55. The molecule has 0 N–H and O–H groups in total. The minimum absolute atomic E-state index is 0.0825. The second-order valence-corrected chi connectivity index (χ2v) is 4.38. The molecule has 2 aliphatic carbocycles. The van der Waals surface area contributed by atoms with Crippen LogP contribution >= 0.6 is 0 Å². The maximum Gasteiger partial charge on any atom is 0.169 e. The fraction of sp³-hybridized carbons (Fsp3) is 0.417. The zero-order valence-electron chi connectivity index (χ0n) is 7.85. The topological polar surface area (TPSA) is 17.1 Å². The number of hydrogen-bond donors (Lipinski definition) is 0. The Labute approximate surface area is 81.9 Å². The summed E-state index contributed by atoms with van der Waals surface area (Å²) < 4.78 is 13.4. The number of benzene rings is 1. The molecule has 0 aromatic heterocycles. The van der Waals surface area contributed by atoms with E-state index in [1.807, 2.05) is 0 Å². The van der Waals surface area contributed by atoms with Gasteiger partial charge in [0.2, 0.25) is 0 Å². The molecule has 1 aromatic carbocycles. The van der Waals surface area contributed by atoms with Crippen molar-refractivity contribution in [1.82, 2.24) is 0 Å². The van der Waals surface area contributed by atoms with Gasteiger partial charge in [0.15, 0.2) is 5.78 Å². The quantitative estimate of drug-likeness (QED) is 0.614. The van der Waals surface area contributed by atoms with Crippen molar-refractivity contribution in [2.45, 2.75) is 25.7 Å². The van der Waals surface area contributed by atoms with Gasteiger partial charge in [-0.15, -0.1) is 0 Å². The summed E-state index contributed by atoms with van der Waals surface area (Å²) in [4.78, 5) is 12.0. The fourth-order valence-electron chi connectivity index (χ4n) is 2.42. The first-order chi connectivity index (χ1) is 6.73. The molecule has 1 nitrogen and oxygen atoms in total. The first kappa shape index (κ1) is 8.16. The van der Waals surface area contributed by atoms with E-state index in [1.165, 1.54) is 6.07 Å². The molecule has 2 aliphatic rings. The third kappa shape index (κ3) is 0.912. The van der Waals surface area contributed by atoms with E-state index in [-0.39, 0.29) is 17.0 Å². The Morgan fingerprint density at radius 2 is 2.00 bits per heavy atom. The Bertz CT molecular complexity index is 418. The summed E-state index contributed by atoms with van der Waals surface area (Å²) in [5, 5.41) is 0. The Morgan fingerprint density at radius 1 is 1.21 bits per heavy atom. The smallest absolute Gasteiger partial charge is 0.169 e. The van der Waals surface area contributed by atoms with E-state index in [4.69, 9.17) is 0 Å². The van der Waals surface area contributed by atoms with Crippen LogP contribution in [0, 0.1) is 11.2 Å². The zero-order chi connectivity index (χ0) is 9.76. The van der Waals surface area contributed by atoms with E-state index in [1.54, 1.807) is 12.1 Å². The fourth-order valence-corrected chi connectivity index (χ4v) is 2.42. The van der Waals surface area contributed by atoms with Crippen molar-refractivity contribution in [3.8, 4) is 0 Å². The lowest BCUT2D eigenvalue weighted by Gasteiger charge is -2.22. The summed E-state index contributed by atoms with van der Waals surface area (Å²) in [6.07, 6.45) is 3.58. The minimum atomic E-state index is -0.216. The van der Waals surface area contributed by atoms with Crippen molar-refractivity contribution in [2.75, 3.05) is 0 Å². The van der Waals surface area contributed by atoms with Gasteiger partial charge in [-0.25, -0.2) is 4.39 Å². The number of fused-ring (bicyclic) bond motifs is 1. The van der Waals surface area contributed by atoms with E-state index >= 15 is 0 Å². The van der Waals surface area contributed by atoms with Crippen molar-refractivity contribution in [2.24, 2.45) is 5.41 Å². The molecule has 14 heavy (non-hydrogen) atoms. The lowest BCUT2D eigenvalue weighted by atomic mass is 9.80. The predicted octanol–water partition coefficient (Wildman–Crippen LogP) is 2.73. The maximum atomic E-state index is 13.4. The summed E-state index contributed by atoms with van der Waals surface area (Å²) in [6.45, 7) is 0. The maximum absolute atomic E-state index is 13.4. The molecule has 0 atom stereocenters. The molecule has 0 amide bonds. The highest BCUT2D eigenvalue weighted by Crippen LogP contribution is 2.54. The summed E-state index contributed by atoms with van der Waals surface area (Å²) in [6, 6.07) is 4.84. The van der Waals surface area contributed by atoms with Crippen molar-refractivity contribution >= 4 is 5.78 Å². The third-order valence-corrected chi connectivity index (χ3v) is 3.55. The molecule has 0 radical (unpaired) electrons. The standard InChI is InChI=1S/C12H11FO/c13-10-3-1-2-9-8(10)4-5-12(6-7-12)11(9)14/h1-3H,4-7H2. The average Bonchev–Trinajstić information content (AvgIpc) is 2.94. The Kier molecular flexibility index (Phi) is 1.42. The molecule has 0 bridgehead atoms. The summed E-state index contributed by atoms with van der Waals surface area (Å²) in [7, 11) is 0. The van der Waals surface area contributed by atoms with Crippen LogP contribution in [-0.4, -0.2) is 5.78 Å². The first-order valence-electron chi connectivity index (χ1n) is 5.05. The van der Waals surface area contributed by atoms with Gasteiger partial charge >= 0.3 is 0 Å². The van der Waals surface area contributed by atoms with E-state index in [2.05, 4.69) is 0 Å². The van der Waals surface area contributed by atoms with Gasteiger partial charge in [0.05, 0.1) is 0 Å². The van der Waals surface area contributed by atoms with Crippen molar-refractivity contribution in [1.29, 1.82) is 0 Å². The van der Waals surface area contributed by atoms with Crippen LogP contribution in [0.25, 0.3) is 0 Å². The van der Waals surface area contributed by atoms with Gasteiger partial charge in [0.1, 0.15) is 5.82 Å². The molecule has 0 saturated heterocycles. The normalized spacial score (nSPS) is 22.2. The minimum Gasteiger partial charge on any atom is -0.294 e. The molecular formula is C12H11FO. The molecule has 2 heteroatoms. The predicted molar refractivity (Wildman–Crippen MR) is 50.7 cm³/mol. The number of ketones is 1. The lowest BCUT2D eigenvalue weighted by molar-refractivity contribution is 0.0879. The molecule has 3 rings (SSSR count). The molecule has 1 aromatic rings. The molecule has 1 spiro atoms. The molecule has 1 fully saturated rings. The van der Waals surface area contributed by atoms with Crippen LogP contribution in [0.3, 0.4) is 0 Å². The summed E-state index contributed by atoms with van der Waals surface area (Å²) in [5.74, 6) is -0.0374. The SMILES string of the molecule is O=C1c2cccc(F)c2CCC12CC2. The van der Waals surface area contributed by atoms with Gasteiger partial charge in [0.25, 0.3) is 0 Å². The molecule has 1 saturated carbocycles. The van der Waals surface area contributed by atoms with Gasteiger partial charge < -0.3 is 0 Å². The van der Waals surface area contributed by atoms with Crippen molar-refractivity contribution < 1.29 is 9.18 Å². The lowest BCUT2D eigenvalue weighted by Crippen LogP contribution is -2.24. The Morgan fingerprint density at radius 3 is 2.71 bits per heavy atom. The number of hydrogen-bond acceptors (Lipinski definition) is 1. The van der Waals surface area contributed by atoms with Gasteiger partial charge in [-0.2, -0.15) is 0 Å². The largest absolute Gasteiger partial charge is 0.294 e.